The zero-order valence-corrected chi connectivity index (χ0v) is 16.6. The van der Waals surface area contributed by atoms with Gasteiger partial charge in [-0.25, -0.2) is 9.98 Å². The van der Waals surface area contributed by atoms with Crippen LogP contribution in [0.2, 0.25) is 0 Å². The molecule has 8 nitrogen and oxygen atoms in total. The predicted octanol–water partition coefficient (Wildman–Crippen LogP) is 1.94. The lowest BCUT2D eigenvalue weighted by Crippen LogP contribution is -2.52. The van der Waals surface area contributed by atoms with E-state index in [1.807, 2.05) is 6.07 Å². The van der Waals surface area contributed by atoms with Gasteiger partial charge in [-0.2, -0.15) is 4.37 Å². The van der Waals surface area contributed by atoms with Crippen LogP contribution in [0.4, 0.5) is 5.13 Å². The first-order valence-electron chi connectivity index (χ1n) is 9.28. The number of nitrogens with one attached hydrogen (secondary N) is 1. The molecular weight excluding hydrogens is 350 g/mol. The lowest BCUT2D eigenvalue weighted by Gasteiger charge is -2.36. The van der Waals surface area contributed by atoms with Gasteiger partial charge >= 0.3 is 0 Å². The Morgan fingerprint density at radius 2 is 2.04 bits per heavy atom. The van der Waals surface area contributed by atoms with E-state index in [2.05, 4.69) is 50.4 Å². The number of aromatic nitrogens is 3. The van der Waals surface area contributed by atoms with Crippen molar-refractivity contribution in [2.75, 3.05) is 37.6 Å². The van der Waals surface area contributed by atoms with Crippen molar-refractivity contribution in [3.05, 3.63) is 23.3 Å². The predicted molar refractivity (Wildman–Crippen MR) is 104 cm³/mol. The molecule has 0 radical (unpaired) electrons. The normalized spacial score (nSPS) is 15.6. The van der Waals surface area contributed by atoms with Crippen molar-refractivity contribution in [2.24, 2.45) is 4.99 Å². The zero-order valence-electron chi connectivity index (χ0n) is 15.7. The molecule has 0 spiro atoms. The molecule has 142 valence electrons. The number of piperazine rings is 1. The average Bonchev–Trinajstić information content (AvgIpc) is 3.34. The molecule has 1 N–H and O–H groups in total. The van der Waals surface area contributed by atoms with E-state index in [1.54, 1.807) is 0 Å². The molecular formula is C17H27N7OS. The Morgan fingerprint density at radius 1 is 1.23 bits per heavy atom. The fourth-order valence-corrected chi connectivity index (χ4v) is 3.60. The summed E-state index contributed by atoms with van der Waals surface area (Å²) in [5, 5.41) is 8.43. The Labute approximate surface area is 158 Å². The van der Waals surface area contributed by atoms with Gasteiger partial charge < -0.3 is 19.6 Å². The first kappa shape index (κ1) is 18.6. The van der Waals surface area contributed by atoms with Gasteiger partial charge in [-0.1, -0.05) is 19.0 Å². The van der Waals surface area contributed by atoms with Crippen LogP contribution < -0.4 is 10.2 Å². The molecule has 1 aliphatic rings. The monoisotopic (exact) mass is 377 g/mol. The Balaban J connectivity index is 1.59. The summed E-state index contributed by atoms with van der Waals surface area (Å²) in [6.07, 6.45) is 1.76. The number of guanidine groups is 1. The Hall–Kier alpha value is -2.16. The summed E-state index contributed by atoms with van der Waals surface area (Å²) in [4.78, 5) is 13.9. The highest BCUT2D eigenvalue weighted by molar-refractivity contribution is 7.09. The van der Waals surface area contributed by atoms with E-state index in [0.717, 1.165) is 73.9 Å². The molecule has 9 heteroatoms. The Bertz CT molecular complexity index is 718. The highest BCUT2D eigenvalue weighted by Crippen LogP contribution is 2.19. The molecule has 0 aliphatic carbocycles. The molecule has 0 saturated carbocycles. The molecule has 0 atom stereocenters. The zero-order chi connectivity index (χ0) is 18.4. The van der Waals surface area contributed by atoms with Crippen molar-refractivity contribution in [3.63, 3.8) is 0 Å². The van der Waals surface area contributed by atoms with Crippen molar-refractivity contribution in [1.82, 2.24) is 24.7 Å². The number of aryl methyl sites for hydroxylation is 2. The summed E-state index contributed by atoms with van der Waals surface area (Å²) in [5.74, 6) is 2.66. The first-order valence-corrected chi connectivity index (χ1v) is 10.1. The molecule has 1 fully saturated rings. The van der Waals surface area contributed by atoms with Gasteiger partial charge in [-0.05, 0) is 13.3 Å². The van der Waals surface area contributed by atoms with Gasteiger partial charge in [0.1, 0.15) is 12.4 Å². The van der Waals surface area contributed by atoms with Crippen molar-refractivity contribution < 1.29 is 4.52 Å². The number of nitrogens with zero attached hydrogens (tertiary/aromatic N) is 6. The third kappa shape index (κ3) is 4.51. The van der Waals surface area contributed by atoms with E-state index in [4.69, 9.17) is 9.52 Å². The number of hydrogen-bond acceptors (Lipinski definition) is 7. The largest absolute Gasteiger partial charge is 0.359 e. The van der Waals surface area contributed by atoms with Crippen LogP contribution >= 0.6 is 11.5 Å². The second kappa shape index (κ2) is 8.98. The van der Waals surface area contributed by atoms with Gasteiger partial charge in [0.05, 0.1) is 5.69 Å². The molecule has 0 bridgehead atoms. The van der Waals surface area contributed by atoms with Gasteiger partial charge in [0, 0.05) is 56.7 Å². The summed E-state index contributed by atoms with van der Waals surface area (Å²) in [6, 6.07) is 1.98. The average molecular weight is 378 g/mol. The van der Waals surface area contributed by atoms with E-state index in [-0.39, 0.29) is 0 Å². The molecule has 0 unspecified atom stereocenters. The van der Waals surface area contributed by atoms with Crippen LogP contribution in [-0.4, -0.2) is 58.1 Å². The SMILES string of the molecule is CCNC(=NCc1cc(CC)no1)N1CCN(c2nc(CC)ns2)CC1. The molecule has 0 aromatic carbocycles. The minimum Gasteiger partial charge on any atom is -0.359 e. The molecule has 1 aliphatic heterocycles. The van der Waals surface area contributed by atoms with Crippen molar-refractivity contribution in [3.8, 4) is 0 Å². The van der Waals surface area contributed by atoms with Crippen LogP contribution in [0, 0.1) is 0 Å². The van der Waals surface area contributed by atoms with Crippen molar-refractivity contribution >= 4 is 22.6 Å². The van der Waals surface area contributed by atoms with Gasteiger partial charge in [-0.3, -0.25) is 0 Å². The third-order valence-electron chi connectivity index (χ3n) is 4.31. The third-order valence-corrected chi connectivity index (χ3v) is 5.13. The maximum Gasteiger partial charge on any atom is 0.205 e. The van der Waals surface area contributed by atoms with E-state index in [0.29, 0.717) is 6.54 Å². The Morgan fingerprint density at radius 3 is 2.65 bits per heavy atom. The van der Waals surface area contributed by atoms with Crippen LogP contribution in [-0.2, 0) is 19.4 Å². The highest BCUT2D eigenvalue weighted by Gasteiger charge is 2.22. The second-order valence-corrected chi connectivity index (χ2v) is 6.86. The second-order valence-electron chi connectivity index (χ2n) is 6.13. The lowest BCUT2D eigenvalue weighted by atomic mass is 10.3. The van der Waals surface area contributed by atoms with E-state index < -0.39 is 0 Å². The molecule has 1 saturated heterocycles. The summed E-state index contributed by atoms with van der Waals surface area (Å²) >= 11 is 1.49. The fraction of sp³-hybridized carbons (Fsp3) is 0.647. The molecule has 0 amide bonds. The standard InChI is InChI=1S/C17H27N7OS/c1-4-13-11-14(25-21-13)12-19-16(18-6-3)23-7-9-24(10-8-23)17-20-15(5-2)22-26-17/h11H,4-10,12H2,1-3H3,(H,18,19). The van der Waals surface area contributed by atoms with Crippen LogP contribution in [0.5, 0.6) is 0 Å². The number of rotatable bonds is 6. The number of anilines is 1. The lowest BCUT2D eigenvalue weighted by molar-refractivity contribution is 0.364. The summed E-state index contributed by atoms with van der Waals surface area (Å²) in [6.45, 7) is 11.2. The minimum atomic E-state index is 0.506. The fourth-order valence-electron chi connectivity index (χ4n) is 2.80. The first-order chi connectivity index (χ1) is 12.7. The topological polar surface area (TPSA) is 82.7 Å². The molecule has 26 heavy (non-hydrogen) atoms. The number of aliphatic imine (C=N–C) groups is 1. The van der Waals surface area contributed by atoms with Crippen LogP contribution in [0.1, 0.15) is 38.0 Å². The summed E-state index contributed by atoms with van der Waals surface area (Å²) in [5.41, 5.74) is 0.970. The van der Waals surface area contributed by atoms with Gasteiger partial charge in [0.2, 0.25) is 5.13 Å². The maximum atomic E-state index is 5.33. The van der Waals surface area contributed by atoms with Gasteiger partial charge in [0.15, 0.2) is 11.7 Å². The molecule has 2 aromatic rings. The summed E-state index contributed by atoms with van der Waals surface area (Å²) < 4.78 is 9.72. The molecule has 2 aromatic heterocycles. The summed E-state index contributed by atoms with van der Waals surface area (Å²) in [7, 11) is 0. The Kier molecular flexibility index (Phi) is 6.43. The van der Waals surface area contributed by atoms with Crippen LogP contribution in [0.25, 0.3) is 0 Å². The van der Waals surface area contributed by atoms with E-state index >= 15 is 0 Å². The smallest absolute Gasteiger partial charge is 0.205 e. The maximum absolute atomic E-state index is 5.33. The van der Waals surface area contributed by atoms with Gasteiger partial charge in [-0.15, -0.1) is 0 Å². The van der Waals surface area contributed by atoms with Crippen molar-refractivity contribution in [2.45, 2.75) is 40.2 Å². The highest BCUT2D eigenvalue weighted by atomic mass is 32.1. The van der Waals surface area contributed by atoms with E-state index in [9.17, 15) is 0 Å². The molecule has 3 rings (SSSR count). The minimum absolute atomic E-state index is 0.506. The quantitative estimate of drug-likeness (QED) is 0.608. The van der Waals surface area contributed by atoms with Crippen LogP contribution in [0.15, 0.2) is 15.6 Å². The van der Waals surface area contributed by atoms with Crippen LogP contribution in [0.3, 0.4) is 0 Å². The van der Waals surface area contributed by atoms with Crippen molar-refractivity contribution in [1.29, 1.82) is 0 Å². The van der Waals surface area contributed by atoms with Gasteiger partial charge in [0.25, 0.3) is 0 Å². The van der Waals surface area contributed by atoms with E-state index in [1.165, 1.54) is 11.5 Å². The molecule has 3 heterocycles. The number of hydrogen-bond donors (Lipinski definition) is 1.